The molecule has 2 rings (SSSR count). The van der Waals surface area contributed by atoms with Gasteiger partial charge in [0.05, 0.1) is 18.8 Å². The van der Waals surface area contributed by atoms with Crippen LogP contribution in [-0.4, -0.2) is 54.3 Å². The molecule has 1 aliphatic rings. The Kier molecular flexibility index (Phi) is 5.10. The molecule has 1 fully saturated rings. The number of carboxylic acid groups (broad SMARTS) is 1. The lowest BCUT2D eigenvalue weighted by Crippen LogP contribution is -2.54. The molecule has 21 heavy (non-hydrogen) atoms. The molecule has 1 unspecified atom stereocenters. The minimum Gasteiger partial charge on any atom is -0.478 e. The maximum absolute atomic E-state index is 12.2. The van der Waals surface area contributed by atoms with Gasteiger partial charge in [0.25, 0.3) is 0 Å². The maximum Gasteiger partial charge on any atom is 0.335 e. The van der Waals surface area contributed by atoms with Crippen LogP contribution in [0.5, 0.6) is 0 Å². The highest BCUT2D eigenvalue weighted by atomic mass is 16.5. The van der Waals surface area contributed by atoms with Crippen molar-refractivity contribution in [3.63, 3.8) is 0 Å². The standard InChI is InChI=1S/C14H19N3O4/c1-2-4-16-13(18)11-9-21-7-6-17(11)12-8-10(14(19)20)3-5-15-12/h3,5,8,11H,2,4,6-7,9H2,1H3,(H,16,18)(H,19,20). The third-order valence-electron chi connectivity index (χ3n) is 3.27. The molecule has 0 spiro atoms. The van der Waals surface area contributed by atoms with Gasteiger partial charge in [-0.2, -0.15) is 0 Å². The van der Waals surface area contributed by atoms with Crippen LogP contribution >= 0.6 is 0 Å². The summed E-state index contributed by atoms with van der Waals surface area (Å²) in [6.45, 7) is 3.84. The van der Waals surface area contributed by atoms with Crippen molar-refractivity contribution < 1.29 is 19.4 Å². The number of aromatic carboxylic acids is 1. The van der Waals surface area contributed by atoms with Gasteiger partial charge in [-0.25, -0.2) is 9.78 Å². The molecule has 1 aromatic heterocycles. The molecule has 0 bridgehead atoms. The summed E-state index contributed by atoms with van der Waals surface area (Å²) in [4.78, 5) is 29.2. The van der Waals surface area contributed by atoms with Crippen LogP contribution in [0.1, 0.15) is 23.7 Å². The fourth-order valence-corrected chi connectivity index (χ4v) is 2.17. The van der Waals surface area contributed by atoms with Crippen molar-refractivity contribution in [2.45, 2.75) is 19.4 Å². The summed E-state index contributed by atoms with van der Waals surface area (Å²) in [6.07, 6.45) is 2.29. The van der Waals surface area contributed by atoms with Crippen LogP contribution < -0.4 is 10.2 Å². The molecule has 0 radical (unpaired) electrons. The Bertz CT molecular complexity index is 521. The van der Waals surface area contributed by atoms with E-state index in [-0.39, 0.29) is 18.1 Å². The molecule has 1 aromatic rings. The van der Waals surface area contributed by atoms with E-state index in [4.69, 9.17) is 9.84 Å². The Hall–Kier alpha value is -2.15. The fourth-order valence-electron chi connectivity index (χ4n) is 2.17. The number of ether oxygens (including phenoxy) is 1. The summed E-state index contributed by atoms with van der Waals surface area (Å²) in [7, 11) is 0. The fraction of sp³-hybridized carbons (Fsp3) is 0.500. The quantitative estimate of drug-likeness (QED) is 0.822. The third-order valence-corrected chi connectivity index (χ3v) is 3.27. The van der Waals surface area contributed by atoms with E-state index in [0.29, 0.717) is 25.5 Å². The number of nitrogens with zero attached hydrogens (tertiary/aromatic N) is 2. The van der Waals surface area contributed by atoms with Gasteiger partial charge in [0.1, 0.15) is 11.9 Å². The van der Waals surface area contributed by atoms with Crippen LogP contribution in [0.15, 0.2) is 18.3 Å². The zero-order chi connectivity index (χ0) is 15.2. The van der Waals surface area contributed by atoms with E-state index < -0.39 is 12.0 Å². The van der Waals surface area contributed by atoms with Gasteiger partial charge in [0.15, 0.2) is 0 Å². The summed E-state index contributed by atoms with van der Waals surface area (Å²) in [5.41, 5.74) is 0.152. The van der Waals surface area contributed by atoms with Crippen molar-refractivity contribution in [1.82, 2.24) is 10.3 Å². The van der Waals surface area contributed by atoms with Gasteiger partial charge >= 0.3 is 5.97 Å². The normalized spacial score (nSPS) is 18.3. The van der Waals surface area contributed by atoms with E-state index in [1.54, 1.807) is 4.90 Å². The Morgan fingerprint density at radius 2 is 2.38 bits per heavy atom. The van der Waals surface area contributed by atoms with E-state index in [1.165, 1.54) is 18.3 Å². The number of morpholine rings is 1. The van der Waals surface area contributed by atoms with E-state index in [2.05, 4.69) is 10.3 Å². The van der Waals surface area contributed by atoms with E-state index in [0.717, 1.165) is 6.42 Å². The molecule has 1 saturated heterocycles. The number of carbonyl (C=O) groups excluding carboxylic acids is 1. The maximum atomic E-state index is 12.2. The predicted octanol–water partition coefficient (Wildman–Crippen LogP) is 0.511. The molecule has 114 valence electrons. The van der Waals surface area contributed by atoms with E-state index in [1.807, 2.05) is 6.92 Å². The van der Waals surface area contributed by atoms with Crippen molar-refractivity contribution in [1.29, 1.82) is 0 Å². The second-order valence-electron chi connectivity index (χ2n) is 4.78. The molecule has 7 nitrogen and oxygen atoms in total. The number of rotatable bonds is 5. The number of carboxylic acids is 1. The first-order valence-electron chi connectivity index (χ1n) is 6.95. The predicted molar refractivity (Wildman–Crippen MR) is 76.5 cm³/mol. The van der Waals surface area contributed by atoms with Gasteiger partial charge < -0.3 is 20.1 Å². The molecule has 1 atom stereocenters. The second kappa shape index (κ2) is 7.03. The SMILES string of the molecule is CCCNC(=O)C1COCCN1c1cc(C(=O)O)ccn1. The Balaban J connectivity index is 2.20. The van der Waals surface area contributed by atoms with Gasteiger partial charge in [-0.3, -0.25) is 4.79 Å². The Morgan fingerprint density at radius 1 is 1.57 bits per heavy atom. The average Bonchev–Trinajstić information content (AvgIpc) is 2.52. The van der Waals surface area contributed by atoms with Crippen LogP contribution in [0.4, 0.5) is 5.82 Å². The topological polar surface area (TPSA) is 91.8 Å². The number of nitrogens with one attached hydrogen (secondary N) is 1. The molecule has 1 aliphatic heterocycles. The van der Waals surface area contributed by atoms with Gasteiger partial charge in [-0.1, -0.05) is 6.92 Å². The molecule has 0 saturated carbocycles. The smallest absolute Gasteiger partial charge is 0.335 e. The van der Waals surface area contributed by atoms with Crippen molar-refractivity contribution in [2.24, 2.45) is 0 Å². The number of aromatic nitrogens is 1. The highest BCUT2D eigenvalue weighted by molar-refractivity contribution is 5.89. The van der Waals surface area contributed by atoms with Crippen molar-refractivity contribution in [2.75, 3.05) is 31.2 Å². The van der Waals surface area contributed by atoms with Crippen molar-refractivity contribution >= 4 is 17.7 Å². The third kappa shape index (κ3) is 3.69. The summed E-state index contributed by atoms with van der Waals surface area (Å²) >= 11 is 0. The van der Waals surface area contributed by atoms with Gasteiger partial charge in [-0.15, -0.1) is 0 Å². The van der Waals surface area contributed by atoms with Crippen LogP contribution in [0.3, 0.4) is 0 Å². The highest BCUT2D eigenvalue weighted by Gasteiger charge is 2.30. The molecule has 0 aliphatic carbocycles. The molecule has 2 N–H and O–H groups in total. The first-order chi connectivity index (χ1) is 10.1. The lowest BCUT2D eigenvalue weighted by Gasteiger charge is -2.35. The van der Waals surface area contributed by atoms with Crippen LogP contribution in [0.25, 0.3) is 0 Å². The first kappa shape index (κ1) is 15.2. The van der Waals surface area contributed by atoms with Crippen molar-refractivity contribution in [3.05, 3.63) is 23.9 Å². The summed E-state index contributed by atoms with van der Waals surface area (Å²) in [6, 6.07) is 2.42. The van der Waals surface area contributed by atoms with Gasteiger partial charge in [-0.05, 0) is 18.6 Å². The number of pyridine rings is 1. The lowest BCUT2D eigenvalue weighted by molar-refractivity contribution is -0.124. The molecular formula is C14H19N3O4. The monoisotopic (exact) mass is 293 g/mol. The number of carbonyl (C=O) groups is 2. The lowest BCUT2D eigenvalue weighted by atomic mass is 10.2. The Labute approximate surface area is 122 Å². The minimum absolute atomic E-state index is 0.126. The molecule has 7 heteroatoms. The number of hydrogen-bond donors (Lipinski definition) is 2. The number of hydrogen-bond acceptors (Lipinski definition) is 5. The van der Waals surface area contributed by atoms with Gasteiger partial charge in [0.2, 0.25) is 5.91 Å². The summed E-state index contributed by atoms with van der Waals surface area (Å²) in [5.74, 6) is -0.659. The van der Waals surface area contributed by atoms with E-state index in [9.17, 15) is 9.59 Å². The average molecular weight is 293 g/mol. The molecule has 1 amide bonds. The second-order valence-corrected chi connectivity index (χ2v) is 4.78. The van der Waals surface area contributed by atoms with Gasteiger partial charge in [0, 0.05) is 19.3 Å². The molecule has 0 aromatic carbocycles. The molecular weight excluding hydrogens is 274 g/mol. The van der Waals surface area contributed by atoms with E-state index >= 15 is 0 Å². The summed E-state index contributed by atoms with van der Waals surface area (Å²) in [5, 5.41) is 11.9. The number of amides is 1. The summed E-state index contributed by atoms with van der Waals surface area (Å²) < 4.78 is 5.37. The molecule has 2 heterocycles. The first-order valence-corrected chi connectivity index (χ1v) is 6.95. The van der Waals surface area contributed by atoms with Crippen LogP contribution in [0, 0.1) is 0 Å². The van der Waals surface area contributed by atoms with Crippen LogP contribution in [-0.2, 0) is 9.53 Å². The largest absolute Gasteiger partial charge is 0.478 e. The van der Waals surface area contributed by atoms with Crippen molar-refractivity contribution in [3.8, 4) is 0 Å². The zero-order valence-corrected chi connectivity index (χ0v) is 11.9. The Morgan fingerprint density at radius 3 is 3.10 bits per heavy atom. The van der Waals surface area contributed by atoms with Crippen LogP contribution in [0.2, 0.25) is 0 Å². The number of anilines is 1. The minimum atomic E-state index is -1.01. The zero-order valence-electron chi connectivity index (χ0n) is 11.9. The highest BCUT2D eigenvalue weighted by Crippen LogP contribution is 2.18.